The molecule has 0 bridgehead atoms. The second-order valence-corrected chi connectivity index (χ2v) is 6.57. The molecule has 1 aromatic rings. The lowest BCUT2D eigenvalue weighted by atomic mass is 9.95. The van der Waals surface area contributed by atoms with E-state index in [9.17, 15) is 9.59 Å². The molecule has 0 aromatic heterocycles. The molecule has 1 atom stereocenters. The van der Waals surface area contributed by atoms with Gasteiger partial charge < -0.3 is 16.4 Å². The highest BCUT2D eigenvalue weighted by atomic mass is 35.5. The van der Waals surface area contributed by atoms with Crippen LogP contribution in [0.15, 0.2) is 24.3 Å². The van der Waals surface area contributed by atoms with Crippen LogP contribution in [0, 0.1) is 11.8 Å². The number of hydrogen-bond donors (Lipinski definition) is 3. The molecule has 5 nitrogen and oxygen atoms in total. The first kappa shape index (κ1) is 19.5. The number of carbonyl (C=O) groups excluding carboxylic acids is 2. The Bertz CT molecular complexity index is 555. The van der Waals surface area contributed by atoms with E-state index >= 15 is 0 Å². The molecule has 2 amide bonds. The number of carbonyl (C=O) groups is 2. The van der Waals surface area contributed by atoms with E-state index in [2.05, 4.69) is 10.6 Å². The molecule has 4 N–H and O–H groups in total. The van der Waals surface area contributed by atoms with Gasteiger partial charge in [0.25, 0.3) is 5.91 Å². The Morgan fingerprint density at radius 2 is 1.83 bits per heavy atom. The lowest BCUT2D eigenvalue weighted by Crippen LogP contribution is -2.53. The summed E-state index contributed by atoms with van der Waals surface area (Å²) in [6.07, 6.45) is 2.24. The third-order valence-electron chi connectivity index (χ3n) is 4.24. The number of anilines is 1. The van der Waals surface area contributed by atoms with Gasteiger partial charge in [0, 0.05) is 23.7 Å². The number of hydrogen-bond acceptors (Lipinski definition) is 3. The topological polar surface area (TPSA) is 84.2 Å². The van der Waals surface area contributed by atoms with E-state index in [4.69, 9.17) is 5.73 Å². The van der Waals surface area contributed by atoms with E-state index < -0.39 is 0 Å². The van der Waals surface area contributed by atoms with Crippen molar-refractivity contribution in [3.8, 4) is 0 Å². The average molecular weight is 340 g/mol. The SMILES string of the molecule is CC(C)C(=O)Nc1ccc(C(=O)NC(C)(CN)C2CC2)cc1.Cl. The van der Waals surface area contributed by atoms with Gasteiger partial charge in [0.1, 0.15) is 0 Å². The molecule has 1 aliphatic carbocycles. The van der Waals surface area contributed by atoms with Crippen LogP contribution in [0.2, 0.25) is 0 Å². The highest BCUT2D eigenvalue weighted by Gasteiger charge is 2.41. The zero-order chi connectivity index (χ0) is 16.3. The van der Waals surface area contributed by atoms with Crippen LogP contribution >= 0.6 is 12.4 Å². The smallest absolute Gasteiger partial charge is 0.251 e. The van der Waals surface area contributed by atoms with Gasteiger partial charge in [0.2, 0.25) is 5.91 Å². The van der Waals surface area contributed by atoms with E-state index in [1.54, 1.807) is 24.3 Å². The largest absolute Gasteiger partial charge is 0.345 e. The van der Waals surface area contributed by atoms with Gasteiger partial charge in [0.15, 0.2) is 0 Å². The minimum atomic E-state index is -0.332. The molecule has 1 fully saturated rings. The molecule has 1 saturated carbocycles. The van der Waals surface area contributed by atoms with E-state index in [1.165, 1.54) is 0 Å². The van der Waals surface area contributed by atoms with Crippen molar-refractivity contribution >= 4 is 29.9 Å². The summed E-state index contributed by atoms with van der Waals surface area (Å²) in [5, 5.41) is 5.85. The monoisotopic (exact) mass is 339 g/mol. The Labute approximate surface area is 143 Å². The second kappa shape index (κ2) is 7.79. The molecule has 1 unspecified atom stereocenters. The quantitative estimate of drug-likeness (QED) is 0.744. The first-order valence-corrected chi connectivity index (χ1v) is 7.79. The fourth-order valence-corrected chi connectivity index (χ4v) is 2.36. The Morgan fingerprint density at radius 3 is 2.26 bits per heavy atom. The Balaban J connectivity index is 0.00000264. The maximum Gasteiger partial charge on any atom is 0.251 e. The van der Waals surface area contributed by atoms with E-state index in [1.807, 2.05) is 20.8 Å². The molecule has 6 heteroatoms. The molecule has 0 aliphatic heterocycles. The average Bonchev–Trinajstić information content (AvgIpc) is 3.32. The van der Waals surface area contributed by atoms with Crippen molar-refractivity contribution in [3.63, 3.8) is 0 Å². The van der Waals surface area contributed by atoms with Gasteiger partial charge >= 0.3 is 0 Å². The van der Waals surface area contributed by atoms with Crippen molar-refractivity contribution in [2.75, 3.05) is 11.9 Å². The summed E-state index contributed by atoms with van der Waals surface area (Å²) in [5.41, 5.74) is 6.75. The third kappa shape index (κ3) is 4.94. The maximum absolute atomic E-state index is 12.3. The maximum atomic E-state index is 12.3. The number of nitrogens with one attached hydrogen (secondary N) is 2. The fraction of sp³-hybridized carbons (Fsp3) is 0.529. The van der Waals surface area contributed by atoms with Crippen LogP contribution in [0.25, 0.3) is 0 Å². The van der Waals surface area contributed by atoms with Gasteiger partial charge in [-0.05, 0) is 49.9 Å². The van der Waals surface area contributed by atoms with E-state index in [-0.39, 0.29) is 35.7 Å². The fourth-order valence-electron chi connectivity index (χ4n) is 2.36. The molecule has 1 aliphatic rings. The van der Waals surface area contributed by atoms with Crippen molar-refractivity contribution in [3.05, 3.63) is 29.8 Å². The zero-order valence-corrected chi connectivity index (χ0v) is 14.7. The predicted molar refractivity (Wildman–Crippen MR) is 94.8 cm³/mol. The summed E-state index contributed by atoms with van der Waals surface area (Å²) in [4.78, 5) is 24.0. The Morgan fingerprint density at radius 1 is 1.26 bits per heavy atom. The molecule has 0 spiro atoms. The summed E-state index contributed by atoms with van der Waals surface area (Å²) >= 11 is 0. The van der Waals surface area contributed by atoms with Crippen LogP contribution < -0.4 is 16.4 Å². The molecule has 0 radical (unpaired) electrons. The van der Waals surface area contributed by atoms with Gasteiger partial charge in [-0.25, -0.2) is 0 Å². The molecular formula is C17H26ClN3O2. The van der Waals surface area contributed by atoms with Crippen molar-refractivity contribution < 1.29 is 9.59 Å². The third-order valence-corrected chi connectivity index (χ3v) is 4.24. The Kier molecular flexibility index (Phi) is 6.59. The molecule has 0 saturated heterocycles. The van der Waals surface area contributed by atoms with E-state index in [0.717, 1.165) is 12.8 Å². The van der Waals surface area contributed by atoms with Crippen LogP contribution in [0.3, 0.4) is 0 Å². The summed E-state index contributed by atoms with van der Waals surface area (Å²) in [7, 11) is 0. The highest BCUT2D eigenvalue weighted by Crippen LogP contribution is 2.39. The first-order valence-electron chi connectivity index (χ1n) is 7.79. The van der Waals surface area contributed by atoms with Crippen LogP contribution in [-0.2, 0) is 4.79 Å². The molecule has 128 valence electrons. The van der Waals surface area contributed by atoms with Gasteiger partial charge in [-0.3, -0.25) is 9.59 Å². The number of halogens is 1. The van der Waals surface area contributed by atoms with Gasteiger partial charge in [-0.2, -0.15) is 0 Å². The van der Waals surface area contributed by atoms with Gasteiger partial charge in [-0.1, -0.05) is 13.8 Å². The number of benzene rings is 1. The molecule has 23 heavy (non-hydrogen) atoms. The Hall–Kier alpha value is -1.59. The normalized spacial score (nSPS) is 16.2. The van der Waals surface area contributed by atoms with Gasteiger partial charge in [0.05, 0.1) is 5.54 Å². The molecule has 0 heterocycles. The van der Waals surface area contributed by atoms with E-state index in [0.29, 0.717) is 23.7 Å². The zero-order valence-electron chi connectivity index (χ0n) is 13.9. The van der Waals surface area contributed by atoms with Crippen LogP contribution in [-0.4, -0.2) is 23.9 Å². The lowest BCUT2D eigenvalue weighted by molar-refractivity contribution is -0.118. The van der Waals surface area contributed by atoms with Gasteiger partial charge in [-0.15, -0.1) is 12.4 Å². The minimum Gasteiger partial charge on any atom is -0.345 e. The summed E-state index contributed by atoms with van der Waals surface area (Å²) in [6.45, 7) is 6.11. The van der Waals surface area contributed by atoms with Crippen molar-refractivity contribution in [1.29, 1.82) is 0 Å². The van der Waals surface area contributed by atoms with Crippen LogP contribution in [0.5, 0.6) is 0 Å². The number of nitrogens with two attached hydrogens (primary N) is 1. The summed E-state index contributed by atoms with van der Waals surface area (Å²) < 4.78 is 0. The van der Waals surface area contributed by atoms with Crippen LogP contribution in [0.4, 0.5) is 5.69 Å². The molecule has 1 aromatic carbocycles. The number of amides is 2. The highest BCUT2D eigenvalue weighted by molar-refractivity contribution is 5.96. The first-order chi connectivity index (χ1) is 10.4. The van der Waals surface area contributed by atoms with Crippen molar-refractivity contribution in [2.24, 2.45) is 17.6 Å². The van der Waals surface area contributed by atoms with Crippen LogP contribution in [0.1, 0.15) is 44.0 Å². The minimum absolute atomic E-state index is 0. The molecule has 2 rings (SSSR count). The van der Waals surface area contributed by atoms with Crippen molar-refractivity contribution in [1.82, 2.24) is 5.32 Å². The van der Waals surface area contributed by atoms with Crippen molar-refractivity contribution in [2.45, 2.75) is 39.2 Å². The summed E-state index contributed by atoms with van der Waals surface area (Å²) in [5.74, 6) is 0.237. The summed E-state index contributed by atoms with van der Waals surface area (Å²) in [6, 6.07) is 6.92. The standard InChI is InChI=1S/C17H25N3O2.ClH/c1-11(2)15(21)19-14-8-4-12(5-9-14)16(22)20-17(3,10-18)13-6-7-13;/h4-5,8-9,11,13H,6-7,10,18H2,1-3H3,(H,19,21)(H,20,22);1H. The molecular weight excluding hydrogens is 314 g/mol. The second-order valence-electron chi connectivity index (χ2n) is 6.57. The predicted octanol–water partition coefficient (Wildman–Crippen LogP) is 2.56. The number of rotatable bonds is 6. The lowest BCUT2D eigenvalue weighted by Gasteiger charge is -2.29.